The smallest absolute Gasteiger partial charge is 0.0355 e. The molecule has 0 saturated heterocycles. The zero-order valence-electron chi connectivity index (χ0n) is 12.8. The predicted octanol–water partition coefficient (Wildman–Crippen LogP) is 6.84. The highest BCUT2D eigenvalue weighted by atomic mass is 32.1. The molecule has 0 aliphatic heterocycles. The van der Waals surface area contributed by atoms with Gasteiger partial charge in [-0.25, -0.2) is 0 Å². The molecule has 1 aromatic heterocycles. The first-order valence-electron chi connectivity index (χ1n) is 7.74. The molecule has 0 fully saturated rings. The summed E-state index contributed by atoms with van der Waals surface area (Å²) in [5.74, 6) is 0.561. The Morgan fingerprint density at radius 2 is 1.45 bits per heavy atom. The van der Waals surface area contributed by atoms with Crippen LogP contribution in [0, 0.1) is 0 Å². The van der Waals surface area contributed by atoms with Crippen molar-refractivity contribution in [1.29, 1.82) is 0 Å². The molecular weight excluding hydrogens is 284 g/mol. The van der Waals surface area contributed by atoms with E-state index in [9.17, 15) is 0 Å². The minimum Gasteiger partial charge on any atom is -0.135 e. The highest BCUT2D eigenvalue weighted by Gasteiger charge is 2.07. The fraction of sp³-hybridized carbons (Fsp3) is 0.143. The number of thiophene rings is 1. The van der Waals surface area contributed by atoms with Crippen molar-refractivity contribution in [3.8, 4) is 11.1 Å². The van der Waals surface area contributed by atoms with E-state index in [1.807, 2.05) is 11.3 Å². The third-order valence-corrected chi connectivity index (χ3v) is 5.42. The minimum absolute atomic E-state index is 0.561. The Hall–Kier alpha value is -2.12. The molecule has 0 aliphatic carbocycles. The summed E-state index contributed by atoms with van der Waals surface area (Å²) in [6, 6.07) is 24.4. The van der Waals surface area contributed by atoms with Gasteiger partial charge < -0.3 is 0 Å². The lowest BCUT2D eigenvalue weighted by molar-refractivity contribution is 0.867. The van der Waals surface area contributed by atoms with Gasteiger partial charge in [-0.1, -0.05) is 62.4 Å². The van der Waals surface area contributed by atoms with Crippen LogP contribution in [-0.2, 0) is 0 Å². The summed E-state index contributed by atoms with van der Waals surface area (Å²) < 4.78 is 2.73. The van der Waals surface area contributed by atoms with Gasteiger partial charge in [0.05, 0.1) is 0 Å². The van der Waals surface area contributed by atoms with Gasteiger partial charge in [0.1, 0.15) is 0 Å². The van der Waals surface area contributed by atoms with Crippen molar-refractivity contribution in [1.82, 2.24) is 0 Å². The normalized spacial score (nSPS) is 11.6. The summed E-state index contributed by atoms with van der Waals surface area (Å²) in [6.45, 7) is 4.49. The second-order valence-electron chi connectivity index (χ2n) is 6.09. The van der Waals surface area contributed by atoms with Crippen molar-refractivity contribution in [2.45, 2.75) is 19.8 Å². The zero-order valence-corrected chi connectivity index (χ0v) is 13.7. The molecule has 0 aliphatic rings. The van der Waals surface area contributed by atoms with E-state index in [2.05, 4.69) is 80.6 Å². The number of hydrogen-bond donors (Lipinski definition) is 0. The average molecular weight is 302 g/mol. The summed E-state index contributed by atoms with van der Waals surface area (Å²) in [5, 5.41) is 2.73. The van der Waals surface area contributed by atoms with Crippen molar-refractivity contribution in [2.24, 2.45) is 0 Å². The van der Waals surface area contributed by atoms with Gasteiger partial charge in [0.15, 0.2) is 0 Å². The molecule has 0 bridgehead atoms. The van der Waals surface area contributed by atoms with Gasteiger partial charge in [0.2, 0.25) is 0 Å². The standard InChI is InChI=1S/C21H18S/c1-14(2)15-6-5-7-16(12-15)17-10-11-21-19(13-17)18-8-3-4-9-20(18)22-21/h3-14H,1-2H3. The van der Waals surface area contributed by atoms with Crippen molar-refractivity contribution < 1.29 is 0 Å². The summed E-state index contributed by atoms with van der Waals surface area (Å²) in [4.78, 5) is 0. The van der Waals surface area contributed by atoms with Gasteiger partial charge in [-0.2, -0.15) is 0 Å². The minimum atomic E-state index is 0.561. The third kappa shape index (κ3) is 2.22. The van der Waals surface area contributed by atoms with Gasteiger partial charge in [0, 0.05) is 20.2 Å². The fourth-order valence-corrected chi connectivity index (χ4v) is 4.07. The highest BCUT2D eigenvalue weighted by molar-refractivity contribution is 7.25. The Labute approximate surface area is 135 Å². The molecule has 4 rings (SSSR count). The van der Waals surface area contributed by atoms with E-state index >= 15 is 0 Å². The quantitative estimate of drug-likeness (QED) is 0.380. The van der Waals surface area contributed by atoms with Gasteiger partial charge in [0.25, 0.3) is 0 Å². The maximum Gasteiger partial charge on any atom is 0.0355 e. The molecule has 4 aromatic rings. The number of benzene rings is 3. The van der Waals surface area contributed by atoms with Crippen LogP contribution in [0.4, 0.5) is 0 Å². The third-order valence-electron chi connectivity index (χ3n) is 4.26. The van der Waals surface area contributed by atoms with E-state index < -0.39 is 0 Å². The molecule has 108 valence electrons. The second kappa shape index (κ2) is 5.26. The van der Waals surface area contributed by atoms with E-state index in [-0.39, 0.29) is 0 Å². The van der Waals surface area contributed by atoms with Crippen LogP contribution in [0.3, 0.4) is 0 Å². The molecule has 0 radical (unpaired) electrons. The van der Waals surface area contributed by atoms with E-state index in [0.717, 1.165) is 0 Å². The van der Waals surface area contributed by atoms with Gasteiger partial charge >= 0.3 is 0 Å². The maximum atomic E-state index is 2.34. The topological polar surface area (TPSA) is 0 Å². The number of fused-ring (bicyclic) bond motifs is 3. The van der Waals surface area contributed by atoms with E-state index in [0.29, 0.717) is 5.92 Å². The molecule has 0 saturated carbocycles. The van der Waals surface area contributed by atoms with Gasteiger partial charge in [-0.15, -0.1) is 11.3 Å². The SMILES string of the molecule is CC(C)c1cccc(-c2ccc3sc4ccccc4c3c2)c1. The second-order valence-corrected chi connectivity index (χ2v) is 7.17. The molecule has 0 spiro atoms. The van der Waals surface area contributed by atoms with Gasteiger partial charge in [-0.05, 0) is 40.8 Å². The van der Waals surface area contributed by atoms with Crippen LogP contribution in [0.1, 0.15) is 25.3 Å². The fourth-order valence-electron chi connectivity index (χ4n) is 2.98. The molecule has 1 heterocycles. The summed E-state index contributed by atoms with van der Waals surface area (Å²) >= 11 is 1.87. The first kappa shape index (κ1) is 13.5. The van der Waals surface area contributed by atoms with Crippen LogP contribution < -0.4 is 0 Å². The summed E-state index contributed by atoms with van der Waals surface area (Å²) in [7, 11) is 0. The van der Waals surface area contributed by atoms with Crippen LogP contribution in [0.2, 0.25) is 0 Å². The molecule has 0 N–H and O–H groups in total. The molecule has 1 heteroatoms. The van der Waals surface area contributed by atoms with Crippen molar-refractivity contribution in [2.75, 3.05) is 0 Å². The predicted molar refractivity (Wildman–Crippen MR) is 98.9 cm³/mol. The van der Waals surface area contributed by atoms with Crippen LogP contribution in [-0.4, -0.2) is 0 Å². The number of rotatable bonds is 2. The lowest BCUT2D eigenvalue weighted by atomic mass is 9.96. The van der Waals surface area contributed by atoms with Crippen molar-refractivity contribution in [3.05, 3.63) is 72.3 Å². The van der Waals surface area contributed by atoms with Crippen LogP contribution in [0.25, 0.3) is 31.3 Å². The zero-order chi connectivity index (χ0) is 15.1. The van der Waals surface area contributed by atoms with E-state index in [1.165, 1.54) is 36.9 Å². The van der Waals surface area contributed by atoms with Crippen LogP contribution in [0.15, 0.2) is 66.7 Å². The maximum absolute atomic E-state index is 2.34. The largest absolute Gasteiger partial charge is 0.135 e. The molecule has 0 nitrogen and oxygen atoms in total. The Bertz CT molecular complexity index is 960. The van der Waals surface area contributed by atoms with E-state index in [4.69, 9.17) is 0 Å². The Morgan fingerprint density at radius 1 is 0.682 bits per heavy atom. The molecule has 0 atom stereocenters. The number of hydrogen-bond acceptors (Lipinski definition) is 1. The lowest BCUT2D eigenvalue weighted by Crippen LogP contribution is -1.87. The molecule has 0 unspecified atom stereocenters. The monoisotopic (exact) mass is 302 g/mol. The van der Waals surface area contributed by atoms with Gasteiger partial charge in [-0.3, -0.25) is 0 Å². The molecular formula is C21H18S. The first-order chi connectivity index (χ1) is 10.7. The summed E-state index contributed by atoms with van der Waals surface area (Å²) in [6.07, 6.45) is 0. The average Bonchev–Trinajstić information content (AvgIpc) is 2.92. The molecule has 0 amide bonds. The van der Waals surface area contributed by atoms with Crippen molar-refractivity contribution in [3.63, 3.8) is 0 Å². The Balaban J connectivity index is 1.92. The lowest BCUT2D eigenvalue weighted by Gasteiger charge is -2.08. The molecule has 3 aromatic carbocycles. The highest BCUT2D eigenvalue weighted by Crippen LogP contribution is 2.36. The van der Waals surface area contributed by atoms with E-state index in [1.54, 1.807) is 0 Å². The summed E-state index contributed by atoms with van der Waals surface area (Å²) in [5.41, 5.74) is 4.01. The van der Waals surface area contributed by atoms with Crippen LogP contribution in [0.5, 0.6) is 0 Å². The Kier molecular flexibility index (Phi) is 3.24. The molecule has 22 heavy (non-hydrogen) atoms. The van der Waals surface area contributed by atoms with Crippen molar-refractivity contribution >= 4 is 31.5 Å². The first-order valence-corrected chi connectivity index (χ1v) is 8.55. The van der Waals surface area contributed by atoms with Crippen LogP contribution >= 0.6 is 11.3 Å². The Morgan fingerprint density at radius 3 is 2.32 bits per heavy atom.